The van der Waals surface area contributed by atoms with Gasteiger partial charge in [0, 0.05) is 32.6 Å². The van der Waals surface area contributed by atoms with Crippen molar-refractivity contribution in [3.05, 3.63) is 0 Å². The fourth-order valence-corrected chi connectivity index (χ4v) is 1.86. The van der Waals surface area contributed by atoms with Crippen LogP contribution in [0.3, 0.4) is 0 Å². The van der Waals surface area contributed by atoms with E-state index < -0.39 is 0 Å². The summed E-state index contributed by atoms with van der Waals surface area (Å²) in [7, 11) is 3.85. The SMILES string of the molecule is CC.CC[B]C(=O)CCC(=O)NCCCOCCOCC[B]C(C)C. The average molecular weight is 353 g/mol. The van der Waals surface area contributed by atoms with E-state index in [1.54, 1.807) is 7.28 Å². The van der Waals surface area contributed by atoms with Crippen LogP contribution in [-0.2, 0) is 19.1 Å². The minimum absolute atomic E-state index is 0.0389. The Balaban J connectivity index is 0. The summed E-state index contributed by atoms with van der Waals surface area (Å²) in [6, 6.07) is 0. The molecule has 144 valence electrons. The van der Waals surface area contributed by atoms with E-state index >= 15 is 0 Å². The quantitative estimate of drug-likeness (QED) is 0.342. The smallest absolute Gasteiger partial charge is 0.220 e. The van der Waals surface area contributed by atoms with Gasteiger partial charge in [-0.2, -0.15) is 0 Å². The highest BCUT2D eigenvalue weighted by Gasteiger charge is 2.06. The second-order valence-corrected chi connectivity index (χ2v) is 5.78. The van der Waals surface area contributed by atoms with Gasteiger partial charge in [0.15, 0.2) is 0 Å². The first-order valence-electron chi connectivity index (χ1n) is 9.67. The predicted molar refractivity (Wildman–Crippen MR) is 107 cm³/mol. The molecular formula is C18H37B2NO4. The molecule has 0 spiro atoms. The summed E-state index contributed by atoms with van der Waals surface area (Å²) in [5, 5.41) is 2.79. The molecule has 0 aromatic carbocycles. The van der Waals surface area contributed by atoms with Gasteiger partial charge in [-0.05, 0) is 6.42 Å². The van der Waals surface area contributed by atoms with Crippen LogP contribution in [0.25, 0.3) is 0 Å². The third-order valence-corrected chi connectivity index (χ3v) is 3.09. The van der Waals surface area contributed by atoms with Gasteiger partial charge < -0.3 is 19.6 Å². The lowest BCUT2D eigenvalue weighted by Crippen LogP contribution is -2.26. The van der Waals surface area contributed by atoms with Gasteiger partial charge in [0.05, 0.1) is 18.9 Å². The summed E-state index contributed by atoms with van der Waals surface area (Å²) in [5.41, 5.74) is 0.0389. The lowest BCUT2D eigenvalue weighted by atomic mass is 9.64. The number of carbonyl (C=O) groups is 2. The maximum absolute atomic E-state index is 11.5. The van der Waals surface area contributed by atoms with Crippen LogP contribution in [0, 0.1) is 0 Å². The molecule has 5 nitrogen and oxygen atoms in total. The van der Waals surface area contributed by atoms with Gasteiger partial charge in [-0.3, -0.25) is 4.79 Å². The van der Waals surface area contributed by atoms with Gasteiger partial charge >= 0.3 is 0 Å². The molecule has 1 amide bonds. The Hall–Kier alpha value is -0.810. The Morgan fingerprint density at radius 1 is 1.00 bits per heavy atom. The zero-order valence-corrected chi connectivity index (χ0v) is 16.9. The zero-order chi connectivity index (χ0) is 19.3. The van der Waals surface area contributed by atoms with Crippen LogP contribution in [0.15, 0.2) is 0 Å². The Morgan fingerprint density at radius 3 is 2.24 bits per heavy atom. The second kappa shape index (κ2) is 21.2. The van der Waals surface area contributed by atoms with E-state index in [0.29, 0.717) is 38.6 Å². The number of amides is 1. The molecule has 0 bridgehead atoms. The highest BCUT2D eigenvalue weighted by Crippen LogP contribution is 1.99. The van der Waals surface area contributed by atoms with Crippen molar-refractivity contribution in [3.63, 3.8) is 0 Å². The molecule has 0 heterocycles. The topological polar surface area (TPSA) is 64.6 Å². The lowest BCUT2D eigenvalue weighted by Gasteiger charge is -2.07. The first-order chi connectivity index (χ1) is 12.1. The van der Waals surface area contributed by atoms with Gasteiger partial charge in [0.2, 0.25) is 13.2 Å². The van der Waals surface area contributed by atoms with E-state index in [4.69, 9.17) is 9.47 Å². The maximum atomic E-state index is 11.5. The first kappa shape index (κ1) is 26.4. The highest BCUT2D eigenvalue weighted by atomic mass is 16.5. The minimum atomic E-state index is -0.0763. The van der Waals surface area contributed by atoms with Gasteiger partial charge in [-0.1, -0.05) is 53.1 Å². The van der Waals surface area contributed by atoms with E-state index in [9.17, 15) is 9.59 Å². The van der Waals surface area contributed by atoms with E-state index in [-0.39, 0.29) is 18.0 Å². The molecular weight excluding hydrogens is 316 g/mol. The van der Waals surface area contributed by atoms with Crippen molar-refractivity contribution >= 4 is 26.1 Å². The summed E-state index contributed by atoms with van der Waals surface area (Å²) in [4.78, 5) is 22.7. The van der Waals surface area contributed by atoms with Gasteiger partial charge in [0.1, 0.15) is 7.28 Å². The first-order valence-corrected chi connectivity index (χ1v) is 9.67. The van der Waals surface area contributed by atoms with Gasteiger partial charge in [-0.15, -0.1) is 0 Å². The van der Waals surface area contributed by atoms with Crippen LogP contribution < -0.4 is 5.32 Å². The summed E-state index contributed by atoms with van der Waals surface area (Å²) in [6.45, 7) is 13.3. The molecule has 0 aliphatic rings. The molecule has 0 aromatic rings. The van der Waals surface area contributed by atoms with Crippen LogP contribution in [0.1, 0.15) is 53.9 Å². The third-order valence-electron chi connectivity index (χ3n) is 3.09. The number of hydrogen-bond donors (Lipinski definition) is 1. The molecule has 0 aromatic heterocycles. The number of rotatable bonds is 16. The molecule has 2 radical (unpaired) electrons. The molecule has 1 N–H and O–H groups in total. The van der Waals surface area contributed by atoms with Crippen molar-refractivity contribution < 1.29 is 19.1 Å². The Kier molecular flexibility index (Phi) is 22.4. The van der Waals surface area contributed by atoms with E-state index in [1.807, 2.05) is 20.8 Å². The fourth-order valence-electron chi connectivity index (χ4n) is 1.86. The van der Waals surface area contributed by atoms with Crippen LogP contribution in [0.4, 0.5) is 0 Å². The van der Waals surface area contributed by atoms with Crippen LogP contribution in [0.5, 0.6) is 0 Å². The number of carbonyl (C=O) groups excluding carboxylic acids is 2. The summed E-state index contributed by atoms with van der Waals surface area (Å²) < 4.78 is 10.9. The largest absolute Gasteiger partial charge is 0.380 e. The number of ether oxygens (including phenoxy) is 2. The normalized spacial score (nSPS) is 10.0. The maximum Gasteiger partial charge on any atom is 0.220 e. The van der Waals surface area contributed by atoms with E-state index in [1.165, 1.54) is 0 Å². The van der Waals surface area contributed by atoms with Crippen molar-refractivity contribution in [1.29, 1.82) is 0 Å². The molecule has 0 unspecified atom stereocenters. The Bertz CT molecular complexity index is 315. The summed E-state index contributed by atoms with van der Waals surface area (Å²) in [5.74, 6) is 0.528. The molecule has 0 rings (SSSR count). The minimum Gasteiger partial charge on any atom is -0.380 e. The highest BCUT2D eigenvalue weighted by molar-refractivity contribution is 6.73. The van der Waals surface area contributed by atoms with Crippen molar-refractivity contribution in [2.45, 2.75) is 72.3 Å². The molecule has 0 aliphatic carbocycles. The lowest BCUT2D eigenvalue weighted by molar-refractivity contribution is -0.123. The van der Waals surface area contributed by atoms with Crippen molar-refractivity contribution in [1.82, 2.24) is 5.32 Å². The fraction of sp³-hybridized carbons (Fsp3) is 0.889. The molecule has 0 atom stereocenters. The van der Waals surface area contributed by atoms with E-state index in [0.717, 1.165) is 25.7 Å². The van der Waals surface area contributed by atoms with Crippen molar-refractivity contribution in [2.75, 3.05) is 33.0 Å². The summed E-state index contributed by atoms with van der Waals surface area (Å²) >= 11 is 0. The monoisotopic (exact) mass is 353 g/mol. The van der Waals surface area contributed by atoms with Crippen LogP contribution in [0.2, 0.25) is 18.5 Å². The third kappa shape index (κ3) is 23.2. The predicted octanol–water partition coefficient (Wildman–Crippen LogP) is 2.95. The molecule has 0 saturated carbocycles. The number of hydrogen-bond acceptors (Lipinski definition) is 4. The molecule has 0 aliphatic heterocycles. The number of nitrogens with one attached hydrogen (secondary N) is 1. The zero-order valence-electron chi connectivity index (χ0n) is 16.9. The molecule has 0 saturated heterocycles. The Labute approximate surface area is 156 Å². The summed E-state index contributed by atoms with van der Waals surface area (Å²) in [6.07, 6.45) is 3.01. The van der Waals surface area contributed by atoms with Crippen LogP contribution >= 0.6 is 0 Å². The van der Waals surface area contributed by atoms with Crippen molar-refractivity contribution in [2.24, 2.45) is 0 Å². The standard InChI is InChI=1S/C16H31B2NO4.C2H6/c1-4-17-15(20)6-7-16(21)19-9-5-10-22-12-13-23-11-8-18-14(2)3;1-2/h14H,4-13H2,1-3H3,(H,19,21);1-2H3. The van der Waals surface area contributed by atoms with Gasteiger partial charge in [0.25, 0.3) is 0 Å². The second-order valence-electron chi connectivity index (χ2n) is 5.78. The van der Waals surface area contributed by atoms with Gasteiger partial charge in [-0.25, -0.2) is 0 Å². The average Bonchev–Trinajstić information content (AvgIpc) is 2.59. The van der Waals surface area contributed by atoms with E-state index in [2.05, 4.69) is 26.4 Å². The van der Waals surface area contributed by atoms with Crippen molar-refractivity contribution in [3.8, 4) is 0 Å². The van der Waals surface area contributed by atoms with Crippen LogP contribution in [-0.4, -0.2) is 59.1 Å². The molecule has 0 fully saturated rings. The molecule has 7 heteroatoms. The Morgan fingerprint density at radius 2 is 1.64 bits per heavy atom. The molecule has 25 heavy (non-hydrogen) atoms.